The summed E-state index contributed by atoms with van der Waals surface area (Å²) in [6, 6.07) is 3.15. The van der Waals surface area contributed by atoms with Crippen LogP contribution in [0.2, 0.25) is 5.02 Å². The summed E-state index contributed by atoms with van der Waals surface area (Å²) in [6.45, 7) is 2.13. The van der Waals surface area contributed by atoms with Crippen LogP contribution in [0.3, 0.4) is 0 Å². The summed E-state index contributed by atoms with van der Waals surface area (Å²) in [5.74, 6) is -0.304. The van der Waals surface area contributed by atoms with Crippen LogP contribution < -0.4 is 10.6 Å². The fourth-order valence-electron chi connectivity index (χ4n) is 4.53. The van der Waals surface area contributed by atoms with Crippen LogP contribution >= 0.6 is 34.3 Å². The summed E-state index contributed by atoms with van der Waals surface area (Å²) in [5.41, 5.74) is 1.03. The zero-order valence-electron chi connectivity index (χ0n) is 17.9. The molecule has 5 rings (SSSR count). The van der Waals surface area contributed by atoms with E-state index in [4.69, 9.17) is 11.6 Å². The normalized spacial score (nSPS) is 21.8. The fourth-order valence-corrected chi connectivity index (χ4v) is 6.94. The van der Waals surface area contributed by atoms with Crippen molar-refractivity contribution in [1.82, 2.24) is 9.78 Å². The predicted molar refractivity (Wildman–Crippen MR) is 126 cm³/mol. The van der Waals surface area contributed by atoms with E-state index >= 15 is 0 Å². The minimum absolute atomic E-state index is 0.0430. The van der Waals surface area contributed by atoms with Crippen LogP contribution in [-0.2, 0) is 12.8 Å². The first-order valence-corrected chi connectivity index (χ1v) is 12.8. The van der Waals surface area contributed by atoms with Gasteiger partial charge in [-0.2, -0.15) is 23.5 Å². The first-order chi connectivity index (χ1) is 16.2. The SMILES string of the molecule is C[C@@H]1CCc2c(sc(NC(=O)c3nn4c(c3Cl)N[C@@H](c3cccs3)C[C@H]4C(F)(F)F)c2C#N)C1. The maximum atomic E-state index is 13.9. The van der Waals surface area contributed by atoms with Gasteiger partial charge in [-0.25, -0.2) is 4.68 Å². The molecule has 0 radical (unpaired) electrons. The molecular weight excluding hydrogens is 507 g/mol. The summed E-state index contributed by atoms with van der Waals surface area (Å²) < 4.78 is 42.5. The van der Waals surface area contributed by atoms with Gasteiger partial charge in [0, 0.05) is 16.2 Å². The second kappa shape index (κ2) is 8.59. The van der Waals surface area contributed by atoms with Gasteiger partial charge in [-0.05, 0) is 42.2 Å². The maximum Gasteiger partial charge on any atom is 0.410 e. The second-order valence-corrected chi connectivity index (χ2v) is 11.0. The Labute approximate surface area is 206 Å². The van der Waals surface area contributed by atoms with Crippen LogP contribution in [0.25, 0.3) is 0 Å². The predicted octanol–water partition coefficient (Wildman–Crippen LogP) is 6.57. The summed E-state index contributed by atoms with van der Waals surface area (Å²) >= 11 is 9.08. The van der Waals surface area contributed by atoms with Gasteiger partial charge in [-0.15, -0.1) is 22.7 Å². The molecule has 0 aromatic carbocycles. The van der Waals surface area contributed by atoms with Gasteiger partial charge in [0.1, 0.15) is 21.9 Å². The van der Waals surface area contributed by atoms with Gasteiger partial charge in [-0.1, -0.05) is 24.6 Å². The molecule has 0 spiro atoms. The number of nitrogens with zero attached hydrogens (tertiary/aromatic N) is 3. The Hall–Kier alpha value is -2.55. The lowest BCUT2D eigenvalue weighted by atomic mass is 9.89. The van der Waals surface area contributed by atoms with Crippen molar-refractivity contribution in [3.63, 3.8) is 0 Å². The number of halogens is 4. The standard InChI is InChI=1S/C22H19ClF3N5OS2/c1-10-4-5-11-12(9-27)21(34-15(11)7-10)29-20(32)18-17(23)19-28-13(14-3-2-6-33-14)8-16(22(24,25)26)31(19)30-18/h2-3,6,10,13,16,28H,4-5,7-8H2,1H3,(H,29,32)/t10-,13-,16+/m1/s1. The Morgan fingerprint density at radius 3 is 2.91 bits per heavy atom. The van der Waals surface area contributed by atoms with Crippen molar-refractivity contribution < 1.29 is 18.0 Å². The third-order valence-corrected chi connectivity index (χ3v) is 8.76. The average Bonchev–Trinajstić information content (AvgIpc) is 3.50. The van der Waals surface area contributed by atoms with Crippen molar-refractivity contribution in [2.45, 2.75) is 50.9 Å². The van der Waals surface area contributed by atoms with Crippen LogP contribution in [0.15, 0.2) is 17.5 Å². The third-order valence-electron chi connectivity index (χ3n) is 6.25. The van der Waals surface area contributed by atoms with Crippen molar-refractivity contribution in [1.29, 1.82) is 5.26 Å². The lowest BCUT2D eigenvalue weighted by Gasteiger charge is -2.32. The smallest absolute Gasteiger partial charge is 0.361 e. The second-order valence-electron chi connectivity index (χ2n) is 8.58. The van der Waals surface area contributed by atoms with Gasteiger partial charge >= 0.3 is 6.18 Å². The van der Waals surface area contributed by atoms with E-state index in [1.165, 1.54) is 22.7 Å². The van der Waals surface area contributed by atoms with Crippen LogP contribution in [0, 0.1) is 17.2 Å². The quantitative estimate of drug-likeness (QED) is 0.405. The molecule has 6 nitrogen and oxygen atoms in total. The average molecular weight is 526 g/mol. The van der Waals surface area contributed by atoms with Crippen molar-refractivity contribution in [3.05, 3.63) is 49.1 Å². The monoisotopic (exact) mass is 525 g/mol. The Kier molecular flexibility index (Phi) is 5.86. The van der Waals surface area contributed by atoms with Gasteiger partial charge < -0.3 is 10.6 Å². The number of nitrogens with one attached hydrogen (secondary N) is 2. The summed E-state index contributed by atoms with van der Waals surface area (Å²) in [4.78, 5) is 14.9. The number of thiophene rings is 2. The summed E-state index contributed by atoms with van der Waals surface area (Å²) in [5, 5.41) is 21.3. The molecule has 0 unspecified atom stereocenters. The minimum Gasteiger partial charge on any atom is -0.361 e. The third kappa shape index (κ3) is 3.97. The zero-order valence-corrected chi connectivity index (χ0v) is 20.3. The number of carbonyl (C=O) groups is 1. The highest BCUT2D eigenvalue weighted by atomic mass is 35.5. The number of hydrogen-bond donors (Lipinski definition) is 2. The number of alkyl halides is 3. The van der Waals surface area contributed by atoms with Gasteiger partial charge in [0.2, 0.25) is 0 Å². The van der Waals surface area contributed by atoms with Gasteiger partial charge in [-0.3, -0.25) is 4.79 Å². The maximum absolute atomic E-state index is 13.9. The van der Waals surface area contributed by atoms with Crippen molar-refractivity contribution in [2.24, 2.45) is 5.92 Å². The fraction of sp³-hybridized carbons (Fsp3) is 0.409. The van der Waals surface area contributed by atoms with E-state index in [-0.39, 0.29) is 23.0 Å². The zero-order chi connectivity index (χ0) is 24.2. The highest BCUT2D eigenvalue weighted by Crippen LogP contribution is 2.47. The molecule has 1 aliphatic carbocycles. The molecule has 178 valence electrons. The number of anilines is 2. The van der Waals surface area contributed by atoms with Crippen molar-refractivity contribution in [3.8, 4) is 6.07 Å². The molecule has 34 heavy (non-hydrogen) atoms. The number of hydrogen-bond acceptors (Lipinski definition) is 6. The number of fused-ring (bicyclic) bond motifs is 2. The van der Waals surface area contributed by atoms with Crippen molar-refractivity contribution >= 4 is 51.0 Å². The number of carbonyl (C=O) groups excluding carboxylic acids is 1. The van der Waals surface area contributed by atoms with Crippen LogP contribution in [-0.4, -0.2) is 21.9 Å². The first-order valence-electron chi connectivity index (χ1n) is 10.7. The molecule has 1 aliphatic heterocycles. The Morgan fingerprint density at radius 1 is 1.44 bits per heavy atom. The lowest BCUT2D eigenvalue weighted by molar-refractivity contribution is -0.173. The molecule has 12 heteroatoms. The van der Waals surface area contributed by atoms with Gasteiger partial charge in [0.25, 0.3) is 5.91 Å². The number of aromatic nitrogens is 2. The number of amides is 1. The van der Waals surface area contributed by atoms with Crippen LogP contribution in [0.1, 0.15) is 63.2 Å². The molecule has 0 saturated heterocycles. The molecule has 1 amide bonds. The minimum atomic E-state index is -4.58. The molecule has 3 aromatic heterocycles. The molecule has 2 N–H and O–H groups in total. The molecular formula is C22H19ClF3N5OS2. The van der Waals surface area contributed by atoms with Crippen LogP contribution in [0.4, 0.5) is 24.0 Å². The molecule has 4 heterocycles. The van der Waals surface area contributed by atoms with E-state index in [2.05, 4.69) is 28.7 Å². The molecule has 0 fully saturated rings. The molecule has 3 atom stereocenters. The Balaban J connectivity index is 1.49. The lowest BCUT2D eigenvalue weighted by Crippen LogP contribution is -2.35. The Morgan fingerprint density at radius 2 is 2.24 bits per heavy atom. The van der Waals surface area contributed by atoms with E-state index in [1.807, 2.05) is 0 Å². The van der Waals surface area contributed by atoms with Crippen LogP contribution in [0.5, 0.6) is 0 Å². The Bertz CT molecular complexity index is 1290. The largest absolute Gasteiger partial charge is 0.410 e. The number of nitriles is 1. The highest BCUT2D eigenvalue weighted by molar-refractivity contribution is 7.16. The van der Waals surface area contributed by atoms with E-state index in [0.29, 0.717) is 16.5 Å². The highest BCUT2D eigenvalue weighted by Gasteiger charge is 2.48. The van der Waals surface area contributed by atoms with E-state index in [0.717, 1.165) is 39.3 Å². The molecule has 2 aliphatic rings. The van der Waals surface area contributed by atoms with E-state index in [1.54, 1.807) is 17.5 Å². The van der Waals surface area contributed by atoms with Gasteiger partial charge in [0.15, 0.2) is 11.7 Å². The van der Waals surface area contributed by atoms with Gasteiger partial charge in [0.05, 0.1) is 11.6 Å². The van der Waals surface area contributed by atoms with E-state index < -0.39 is 24.2 Å². The summed E-state index contributed by atoms with van der Waals surface area (Å²) in [6.07, 6.45) is -2.31. The topological polar surface area (TPSA) is 82.7 Å². The molecule has 0 bridgehead atoms. The summed E-state index contributed by atoms with van der Waals surface area (Å²) in [7, 11) is 0. The van der Waals surface area contributed by atoms with Crippen molar-refractivity contribution in [2.75, 3.05) is 10.6 Å². The molecule has 0 saturated carbocycles. The number of rotatable bonds is 3. The van der Waals surface area contributed by atoms with E-state index in [9.17, 15) is 23.2 Å². The first kappa shape index (κ1) is 23.2. The molecule has 3 aromatic rings.